The minimum Gasteiger partial charge on any atom is -0.507 e. The summed E-state index contributed by atoms with van der Waals surface area (Å²) in [5.74, 6) is -0.913. The highest BCUT2D eigenvalue weighted by molar-refractivity contribution is 6.46. The molecular formula is C27H30N4O6. The average Bonchev–Trinajstić information content (AvgIpc) is 3.19. The molecule has 1 atom stereocenters. The van der Waals surface area contributed by atoms with Crippen LogP contribution in [0.4, 0.5) is 10.5 Å². The average molecular weight is 507 g/mol. The van der Waals surface area contributed by atoms with E-state index in [2.05, 4.69) is 4.98 Å². The summed E-state index contributed by atoms with van der Waals surface area (Å²) in [5, 5.41) is 11.5. The zero-order valence-corrected chi connectivity index (χ0v) is 20.9. The first-order valence-electron chi connectivity index (χ1n) is 12.5. The maximum Gasteiger partial charge on any atom is 0.409 e. The zero-order chi connectivity index (χ0) is 26.1. The summed E-state index contributed by atoms with van der Waals surface area (Å²) in [6, 6.07) is 7.68. The van der Waals surface area contributed by atoms with E-state index >= 15 is 0 Å². The highest BCUT2D eigenvalue weighted by Crippen LogP contribution is 2.43. The van der Waals surface area contributed by atoms with Gasteiger partial charge < -0.3 is 29.3 Å². The largest absolute Gasteiger partial charge is 0.507 e. The van der Waals surface area contributed by atoms with Gasteiger partial charge in [0.25, 0.3) is 11.7 Å². The van der Waals surface area contributed by atoms with Crippen LogP contribution in [0.25, 0.3) is 5.76 Å². The van der Waals surface area contributed by atoms with E-state index in [9.17, 15) is 19.5 Å². The molecule has 3 aliphatic heterocycles. The number of nitrogens with zero attached hydrogens (tertiary/aromatic N) is 4. The Hall–Kier alpha value is -4.08. The number of ether oxygens (including phenoxy) is 2. The predicted molar refractivity (Wildman–Crippen MR) is 135 cm³/mol. The molecule has 0 bridgehead atoms. The van der Waals surface area contributed by atoms with Gasteiger partial charge >= 0.3 is 6.09 Å². The second-order valence-corrected chi connectivity index (χ2v) is 9.36. The zero-order valence-electron chi connectivity index (χ0n) is 20.9. The molecule has 37 heavy (non-hydrogen) atoms. The van der Waals surface area contributed by atoms with Crippen molar-refractivity contribution in [2.45, 2.75) is 31.8 Å². The predicted octanol–water partition coefficient (Wildman–Crippen LogP) is 2.95. The molecule has 1 aromatic carbocycles. The SMILES string of the molecule is CCOC(=O)N1CCC(N2C(=O)C(=O)/C(=C(\O)c3ccc4c(c3)N(C)CCO4)C2c2ccncc2)CC1. The Bertz CT molecular complexity index is 1240. The fourth-order valence-corrected chi connectivity index (χ4v) is 5.29. The molecule has 2 aromatic rings. The number of aromatic nitrogens is 1. The van der Waals surface area contributed by atoms with Crippen molar-refractivity contribution in [2.24, 2.45) is 0 Å². The van der Waals surface area contributed by atoms with Crippen molar-refractivity contribution >= 4 is 29.2 Å². The molecule has 194 valence electrons. The summed E-state index contributed by atoms with van der Waals surface area (Å²) in [7, 11) is 1.93. The lowest BCUT2D eigenvalue weighted by Gasteiger charge is -2.38. The van der Waals surface area contributed by atoms with Crippen LogP contribution in [0.15, 0.2) is 48.3 Å². The minimum atomic E-state index is -0.771. The fourth-order valence-electron chi connectivity index (χ4n) is 5.29. The van der Waals surface area contributed by atoms with Gasteiger partial charge in [0.15, 0.2) is 0 Å². The number of benzene rings is 1. The quantitative estimate of drug-likeness (QED) is 0.383. The number of likely N-dealkylation sites (N-methyl/N-ethyl adjacent to an activating group) is 1. The number of likely N-dealkylation sites (tertiary alicyclic amines) is 2. The highest BCUT2D eigenvalue weighted by Gasteiger charge is 2.49. The molecule has 2 saturated heterocycles. The third-order valence-corrected chi connectivity index (χ3v) is 7.21. The number of aliphatic hydroxyl groups is 1. The van der Waals surface area contributed by atoms with Gasteiger partial charge in [-0.3, -0.25) is 14.6 Å². The second kappa shape index (κ2) is 10.1. The van der Waals surface area contributed by atoms with E-state index in [0.717, 1.165) is 5.69 Å². The van der Waals surface area contributed by atoms with E-state index in [4.69, 9.17) is 9.47 Å². The molecule has 5 rings (SSSR count). The molecule has 2 amide bonds. The molecule has 0 spiro atoms. The van der Waals surface area contributed by atoms with Crippen LogP contribution in [0.3, 0.4) is 0 Å². The Balaban J connectivity index is 1.52. The van der Waals surface area contributed by atoms with Crippen molar-refractivity contribution in [3.05, 3.63) is 59.4 Å². The molecule has 4 heterocycles. The number of Topliss-reactive ketones (excluding diaryl/α,β-unsaturated/α-hetero) is 1. The summed E-state index contributed by atoms with van der Waals surface area (Å²) < 4.78 is 10.8. The maximum absolute atomic E-state index is 13.4. The molecule has 10 nitrogen and oxygen atoms in total. The lowest BCUT2D eigenvalue weighted by molar-refractivity contribution is -0.142. The van der Waals surface area contributed by atoms with Crippen molar-refractivity contribution in [3.8, 4) is 5.75 Å². The second-order valence-electron chi connectivity index (χ2n) is 9.36. The van der Waals surface area contributed by atoms with Crippen molar-refractivity contribution < 1.29 is 29.0 Å². The number of piperidine rings is 1. The topological polar surface area (TPSA) is 113 Å². The molecule has 1 unspecified atom stereocenters. The maximum atomic E-state index is 13.4. The first-order chi connectivity index (χ1) is 17.9. The molecule has 0 radical (unpaired) electrons. The highest BCUT2D eigenvalue weighted by atomic mass is 16.6. The number of anilines is 1. The number of carbonyl (C=O) groups excluding carboxylic acids is 3. The smallest absolute Gasteiger partial charge is 0.409 e. The molecule has 1 N–H and O–H groups in total. The molecule has 2 fully saturated rings. The molecule has 3 aliphatic rings. The van der Waals surface area contributed by atoms with Gasteiger partial charge in [-0.05, 0) is 55.7 Å². The van der Waals surface area contributed by atoms with E-state index in [-0.39, 0.29) is 23.5 Å². The first-order valence-corrected chi connectivity index (χ1v) is 12.5. The normalized spacial score (nSPS) is 21.6. The Labute approximate surface area is 215 Å². The number of rotatable bonds is 4. The summed E-state index contributed by atoms with van der Waals surface area (Å²) in [4.78, 5) is 48.3. The van der Waals surface area contributed by atoms with Gasteiger partial charge in [0.05, 0.1) is 30.5 Å². The number of carbonyl (C=O) groups is 3. The van der Waals surface area contributed by atoms with Gasteiger partial charge in [0, 0.05) is 44.1 Å². The summed E-state index contributed by atoms with van der Waals surface area (Å²) >= 11 is 0. The van der Waals surface area contributed by atoms with E-state index in [0.29, 0.717) is 62.6 Å². The number of fused-ring (bicyclic) bond motifs is 1. The molecular weight excluding hydrogens is 476 g/mol. The van der Waals surface area contributed by atoms with Crippen LogP contribution in [0.1, 0.15) is 36.9 Å². The summed E-state index contributed by atoms with van der Waals surface area (Å²) in [5.41, 5.74) is 1.96. The van der Waals surface area contributed by atoms with Gasteiger partial charge in [0.2, 0.25) is 0 Å². The molecule has 1 aromatic heterocycles. The number of hydrogen-bond donors (Lipinski definition) is 1. The van der Waals surface area contributed by atoms with Gasteiger partial charge in [-0.2, -0.15) is 0 Å². The molecule has 0 saturated carbocycles. The first kappa shape index (κ1) is 24.6. The number of ketones is 1. The van der Waals surface area contributed by atoms with E-state index < -0.39 is 17.7 Å². The number of aliphatic hydroxyl groups excluding tert-OH is 1. The fraction of sp³-hybridized carbons (Fsp3) is 0.407. The van der Waals surface area contributed by atoms with Gasteiger partial charge in [-0.1, -0.05) is 0 Å². The standard InChI is InChI=1S/C27H30N4O6/c1-3-36-27(35)30-12-8-19(9-13-30)31-23(17-6-10-28-11-7-17)22(25(33)26(31)34)24(32)18-4-5-21-20(16-18)29(2)14-15-37-21/h4-7,10-11,16,19,23,32H,3,8-9,12-15H2,1-2H3/b24-22-. The Morgan fingerprint density at radius 2 is 1.86 bits per heavy atom. The van der Waals surface area contributed by atoms with Gasteiger partial charge in [-0.25, -0.2) is 4.79 Å². The molecule has 10 heteroatoms. The van der Waals surface area contributed by atoms with Crippen molar-refractivity contribution in [3.63, 3.8) is 0 Å². The lowest BCUT2D eigenvalue weighted by Crippen LogP contribution is -2.48. The van der Waals surface area contributed by atoms with Gasteiger partial charge in [0.1, 0.15) is 18.1 Å². The van der Waals surface area contributed by atoms with Crippen LogP contribution < -0.4 is 9.64 Å². The van der Waals surface area contributed by atoms with Crippen LogP contribution in [0.5, 0.6) is 5.75 Å². The number of hydrogen-bond acceptors (Lipinski definition) is 8. The van der Waals surface area contributed by atoms with Crippen molar-refractivity contribution in [1.29, 1.82) is 0 Å². The third kappa shape index (κ3) is 4.47. The van der Waals surface area contributed by atoms with Crippen LogP contribution in [-0.2, 0) is 14.3 Å². The van der Waals surface area contributed by atoms with E-state index in [1.807, 2.05) is 11.9 Å². The van der Waals surface area contributed by atoms with Gasteiger partial charge in [-0.15, -0.1) is 0 Å². The number of amides is 2. The summed E-state index contributed by atoms with van der Waals surface area (Å²) in [6.07, 6.45) is 3.81. The van der Waals surface area contributed by atoms with Crippen LogP contribution >= 0.6 is 0 Å². The number of pyridine rings is 1. The van der Waals surface area contributed by atoms with E-state index in [1.54, 1.807) is 59.4 Å². The van der Waals surface area contributed by atoms with Crippen LogP contribution in [0.2, 0.25) is 0 Å². The summed E-state index contributed by atoms with van der Waals surface area (Å²) in [6.45, 7) is 4.13. The monoisotopic (exact) mass is 506 g/mol. The lowest BCUT2D eigenvalue weighted by atomic mass is 9.94. The van der Waals surface area contributed by atoms with E-state index in [1.165, 1.54) is 0 Å². The van der Waals surface area contributed by atoms with Crippen LogP contribution in [-0.4, -0.2) is 83.6 Å². The van der Waals surface area contributed by atoms with Crippen molar-refractivity contribution in [1.82, 2.24) is 14.8 Å². The third-order valence-electron chi connectivity index (χ3n) is 7.21. The molecule has 0 aliphatic carbocycles. The Morgan fingerprint density at radius 3 is 2.57 bits per heavy atom. The van der Waals surface area contributed by atoms with Crippen LogP contribution in [0, 0.1) is 0 Å². The Kier molecular flexibility index (Phi) is 6.73. The Morgan fingerprint density at radius 1 is 1.14 bits per heavy atom. The minimum absolute atomic E-state index is 0.0448. The van der Waals surface area contributed by atoms with Crippen molar-refractivity contribution in [2.75, 3.05) is 44.8 Å².